The number of aliphatic imine (C=N–C) groups is 1. The van der Waals surface area contributed by atoms with Crippen LogP contribution in [0.25, 0.3) is 0 Å². The SMILES string of the molecule is O=C1C2=C(CCN(Cc3cccc(I)c3)C2)N2CCN=C2N1Cc1ccc(C(F)(F)F)cc1. The van der Waals surface area contributed by atoms with Crippen LogP contribution in [0.2, 0.25) is 0 Å². The summed E-state index contributed by atoms with van der Waals surface area (Å²) in [7, 11) is 0. The lowest BCUT2D eigenvalue weighted by molar-refractivity contribution is -0.137. The van der Waals surface area contributed by atoms with Gasteiger partial charge in [0, 0.05) is 41.9 Å². The molecule has 0 bridgehead atoms. The minimum absolute atomic E-state index is 0.103. The van der Waals surface area contributed by atoms with Crippen LogP contribution in [-0.4, -0.2) is 52.7 Å². The van der Waals surface area contributed by atoms with Crippen molar-refractivity contribution in [2.45, 2.75) is 25.7 Å². The van der Waals surface area contributed by atoms with Crippen molar-refractivity contribution >= 4 is 34.5 Å². The zero-order valence-electron chi connectivity index (χ0n) is 17.8. The van der Waals surface area contributed by atoms with E-state index in [2.05, 4.69) is 55.6 Å². The number of carbonyl (C=O) groups is 1. The summed E-state index contributed by atoms with van der Waals surface area (Å²) in [6.07, 6.45) is -3.61. The third-order valence-corrected chi connectivity index (χ3v) is 6.87. The van der Waals surface area contributed by atoms with E-state index in [4.69, 9.17) is 0 Å². The molecule has 5 rings (SSSR count). The quantitative estimate of drug-likeness (QED) is 0.513. The second-order valence-corrected chi connectivity index (χ2v) is 9.68. The molecule has 9 heteroatoms. The van der Waals surface area contributed by atoms with Gasteiger partial charge in [0.15, 0.2) is 0 Å². The van der Waals surface area contributed by atoms with E-state index in [1.807, 2.05) is 6.07 Å². The Balaban J connectivity index is 1.37. The smallest absolute Gasteiger partial charge is 0.314 e. The molecule has 172 valence electrons. The molecule has 0 saturated heterocycles. The number of nitrogens with zero attached hydrogens (tertiary/aromatic N) is 4. The van der Waals surface area contributed by atoms with Crippen molar-refractivity contribution in [3.63, 3.8) is 0 Å². The van der Waals surface area contributed by atoms with Crippen LogP contribution in [0, 0.1) is 3.57 Å². The van der Waals surface area contributed by atoms with Gasteiger partial charge < -0.3 is 4.90 Å². The molecule has 3 aliphatic rings. The van der Waals surface area contributed by atoms with Crippen molar-refractivity contribution in [2.24, 2.45) is 4.99 Å². The zero-order valence-corrected chi connectivity index (χ0v) is 19.9. The molecule has 0 saturated carbocycles. The van der Waals surface area contributed by atoms with E-state index in [0.717, 1.165) is 49.5 Å². The Morgan fingerprint density at radius 3 is 2.52 bits per heavy atom. The zero-order chi connectivity index (χ0) is 23.2. The lowest BCUT2D eigenvalue weighted by Crippen LogP contribution is -2.53. The molecule has 0 atom stereocenters. The Morgan fingerprint density at radius 1 is 1.00 bits per heavy atom. The monoisotopic (exact) mass is 566 g/mol. The first-order chi connectivity index (χ1) is 15.8. The van der Waals surface area contributed by atoms with Crippen LogP contribution in [0.1, 0.15) is 23.1 Å². The topological polar surface area (TPSA) is 39.2 Å². The first-order valence-corrected chi connectivity index (χ1v) is 11.9. The maximum atomic E-state index is 13.5. The van der Waals surface area contributed by atoms with Gasteiger partial charge in [-0.15, -0.1) is 0 Å². The van der Waals surface area contributed by atoms with Crippen LogP contribution in [0.15, 0.2) is 64.8 Å². The molecule has 3 heterocycles. The van der Waals surface area contributed by atoms with Gasteiger partial charge in [-0.1, -0.05) is 24.3 Å². The van der Waals surface area contributed by atoms with Crippen molar-refractivity contribution < 1.29 is 18.0 Å². The Morgan fingerprint density at radius 2 is 1.79 bits per heavy atom. The largest absolute Gasteiger partial charge is 0.416 e. The van der Waals surface area contributed by atoms with E-state index in [0.29, 0.717) is 24.6 Å². The van der Waals surface area contributed by atoms with Crippen molar-refractivity contribution in [2.75, 3.05) is 26.2 Å². The number of guanidine groups is 1. The van der Waals surface area contributed by atoms with Gasteiger partial charge in [0.05, 0.1) is 24.2 Å². The minimum Gasteiger partial charge on any atom is -0.314 e. The highest BCUT2D eigenvalue weighted by molar-refractivity contribution is 14.1. The van der Waals surface area contributed by atoms with Crippen LogP contribution in [-0.2, 0) is 24.1 Å². The van der Waals surface area contributed by atoms with Crippen LogP contribution < -0.4 is 0 Å². The minimum atomic E-state index is -4.38. The summed E-state index contributed by atoms with van der Waals surface area (Å²) in [6.45, 7) is 3.70. The highest BCUT2D eigenvalue weighted by Crippen LogP contribution is 2.33. The average Bonchev–Trinajstić information content (AvgIpc) is 3.26. The molecule has 0 fully saturated rings. The number of alkyl halides is 3. The number of hydrogen-bond donors (Lipinski definition) is 0. The summed E-state index contributed by atoms with van der Waals surface area (Å²) >= 11 is 2.30. The highest BCUT2D eigenvalue weighted by Gasteiger charge is 2.41. The number of benzene rings is 2. The first-order valence-electron chi connectivity index (χ1n) is 10.8. The van der Waals surface area contributed by atoms with E-state index in [1.165, 1.54) is 21.3 Å². The van der Waals surface area contributed by atoms with E-state index in [1.54, 1.807) is 4.90 Å². The van der Waals surface area contributed by atoms with E-state index >= 15 is 0 Å². The summed E-state index contributed by atoms with van der Waals surface area (Å²) in [5, 5.41) is 0. The van der Waals surface area contributed by atoms with Gasteiger partial charge >= 0.3 is 6.18 Å². The summed E-state index contributed by atoms with van der Waals surface area (Å²) in [5.74, 6) is 0.513. The fourth-order valence-electron chi connectivity index (χ4n) is 4.63. The maximum Gasteiger partial charge on any atom is 0.416 e. The molecule has 33 heavy (non-hydrogen) atoms. The lowest BCUT2D eigenvalue weighted by atomic mass is 10.00. The summed E-state index contributed by atoms with van der Waals surface area (Å²) in [4.78, 5) is 24.1. The van der Waals surface area contributed by atoms with Crippen molar-refractivity contribution in [1.82, 2.24) is 14.7 Å². The molecule has 5 nitrogen and oxygen atoms in total. The van der Waals surface area contributed by atoms with Gasteiger partial charge in [-0.3, -0.25) is 19.6 Å². The Kier molecular flexibility index (Phi) is 5.94. The Bertz CT molecular complexity index is 1140. The third kappa shape index (κ3) is 4.52. The van der Waals surface area contributed by atoms with Crippen LogP contribution in [0.4, 0.5) is 13.2 Å². The molecule has 3 aliphatic heterocycles. The summed E-state index contributed by atoms with van der Waals surface area (Å²) < 4.78 is 39.9. The van der Waals surface area contributed by atoms with E-state index < -0.39 is 11.7 Å². The standard InChI is InChI=1S/C24H22F3IN4O/c25-24(26,27)18-6-4-16(5-7-18)14-32-22(33)20-15-30(13-17-2-1-3-19(28)12-17)10-8-21(20)31-11-9-29-23(31)32/h1-7,12H,8-11,13-15H2. The summed E-state index contributed by atoms with van der Waals surface area (Å²) in [6, 6.07) is 13.3. The molecule has 0 N–H and O–H groups in total. The van der Waals surface area contributed by atoms with Gasteiger partial charge in [-0.25, -0.2) is 0 Å². The van der Waals surface area contributed by atoms with Gasteiger partial charge in [0.25, 0.3) is 5.91 Å². The number of rotatable bonds is 4. The van der Waals surface area contributed by atoms with Crippen molar-refractivity contribution in [3.8, 4) is 0 Å². The van der Waals surface area contributed by atoms with Crippen LogP contribution in [0.5, 0.6) is 0 Å². The predicted octanol–water partition coefficient (Wildman–Crippen LogP) is 4.48. The molecule has 0 aromatic heterocycles. The molecular formula is C24H22F3IN4O. The Labute approximate surface area is 203 Å². The predicted molar refractivity (Wildman–Crippen MR) is 127 cm³/mol. The molecule has 2 aromatic carbocycles. The second-order valence-electron chi connectivity index (χ2n) is 8.44. The second kappa shape index (κ2) is 8.75. The number of amides is 1. The van der Waals surface area contributed by atoms with Crippen molar-refractivity contribution in [3.05, 3.63) is 80.1 Å². The third-order valence-electron chi connectivity index (χ3n) is 6.20. The molecule has 0 aliphatic carbocycles. The molecule has 1 amide bonds. The van der Waals surface area contributed by atoms with Crippen LogP contribution >= 0.6 is 22.6 Å². The van der Waals surface area contributed by atoms with Gasteiger partial charge in [-0.2, -0.15) is 13.2 Å². The summed E-state index contributed by atoms with van der Waals surface area (Å²) in [5.41, 5.74) is 2.96. The van der Waals surface area contributed by atoms with Crippen LogP contribution in [0.3, 0.4) is 0 Å². The van der Waals surface area contributed by atoms with E-state index in [9.17, 15) is 18.0 Å². The highest BCUT2D eigenvalue weighted by atomic mass is 127. The van der Waals surface area contributed by atoms with Gasteiger partial charge in [0.1, 0.15) is 0 Å². The molecule has 0 spiro atoms. The first kappa shape index (κ1) is 22.4. The number of halogens is 4. The lowest BCUT2D eigenvalue weighted by Gasteiger charge is -2.42. The maximum absolute atomic E-state index is 13.5. The molecule has 2 aromatic rings. The number of hydrogen-bond acceptors (Lipinski definition) is 4. The van der Waals surface area contributed by atoms with E-state index in [-0.39, 0.29) is 12.5 Å². The normalized spacial score (nSPS) is 19.0. The molecule has 0 radical (unpaired) electrons. The number of carbonyl (C=O) groups excluding carboxylic acids is 1. The van der Waals surface area contributed by atoms with Gasteiger partial charge in [-0.05, 0) is 58.0 Å². The fraction of sp³-hybridized carbons (Fsp3) is 0.333. The fourth-order valence-corrected chi connectivity index (χ4v) is 5.23. The molecular weight excluding hydrogens is 544 g/mol. The Hall–Kier alpha value is -2.40. The van der Waals surface area contributed by atoms with Gasteiger partial charge in [0.2, 0.25) is 5.96 Å². The average molecular weight is 566 g/mol. The van der Waals surface area contributed by atoms with Crippen molar-refractivity contribution in [1.29, 1.82) is 0 Å². The molecule has 0 unspecified atom stereocenters. The number of fused-ring (bicyclic) bond motifs is 2.